The third-order valence-corrected chi connectivity index (χ3v) is 4.60. The van der Waals surface area contributed by atoms with Gasteiger partial charge >= 0.3 is 0 Å². The van der Waals surface area contributed by atoms with Crippen molar-refractivity contribution in [2.24, 2.45) is 0 Å². The quantitative estimate of drug-likeness (QED) is 0.803. The van der Waals surface area contributed by atoms with Gasteiger partial charge in [0.05, 0.1) is 0 Å². The van der Waals surface area contributed by atoms with E-state index in [1.165, 1.54) is 0 Å². The molecule has 0 unspecified atom stereocenters. The summed E-state index contributed by atoms with van der Waals surface area (Å²) in [4.78, 5) is 18.0. The topological polar surface area (TPSA) is 66.8 Å². The normalized spacial score (nSPS) is 16.9. The number of pyridine rings is 1. The van der Waals surface area contributed by atoms with E-state index in [2.05, 4.69) is 24.6 Å². The number of nitrogens with one attached hydrogen (secondary N) is 1. The molecule has 6 nitrogen and oxygen atoms in total. The number of benzene rings is 1. The Morgan fingerprint density at radius 3 is 2.65 bits per heavy atom. The first-order chi connectivity index (χ1) is 11.3. The fourth-order valence-electron chi connectivity index (χ4n) is 3.35. The number of H-pyrrole nitrogens is 1. The van der Waals surface area contributed by atoms with Gasteiger partial charge in [0.1, 0.15) is 12.7 Å². The van der Waals surface area contributed by atoms with Gasteiger partial charge in [-0.1, -0.05) is 12.1 Å². The van der Waals surface area contributed by atoms with E-state index in [1.54, 1.807) is 18.7 Å². The summed E-state index contributed by atoms with van der Waals surface area (Å²) in [5, 5.41) is 8.52. The maximum atomic E-state index is 12.2. The Bertz CT molecular complexity index is 847. The van der Waals surface area contributed by atoms with Crippen LogP contribution < -0.4 is 5.43 Å². The van der Waals surface area contributed by atoms with E-state index in [9.17, 15) is 4.79 Å². The van der Waals surface area contributed by atoms with Crippen LogP contribution in [0.1, 0.15) is 24.6 Å². The number of aromatic nitrogens is 4. The molecule has 3 heterocycles. The first-order valence-electron chi connectivity index (χ1n) is 7.97. The van der Waals surface area contributed by atoms with Crippen LogP contribution in [0.4, 0.5) is 0 Å². The highest BCUT2D eigenvalue weighted by molar-refractivity contribution is 5.78. The lowest BCUT2D eigenvalue weighted by Gasteiger charge is -2.32. The zero-order chi connectivity index (χ0) is 15.6. The largest absolute Gasteiger partial charge is 0.357 e. The number of rotatable bonds is 3. The van der Waals surface area contributed by atoms with E-state index < -0.39 is 0 Å². The van der Waals surface area contributed by atoms with Crippen LogP contribution in [-0.4, -0.2) is 37.7 Å². The van der Waals surface area contributed by atoms with Crippen molar-refractivity contribution in [1.82, 2.24) is 24.6 Å². The highest BCUT2D eigenvalue weighted by Gasteiger charge is 2.20. The van der Waals surface area contributed by atoms with Crippen LogP contribution in [0.5, 0.6) is 0 Å². The van der Waals surface area contributed by atoms with Crippen LogP contribution in [0.25, 0.3) is 10.9 Å². The third kappa shape index (κ3) is 2.90. The van der Waals surface area contributed by atoms with Crippen molar-refractivity contribution in [3.8, 4) is 0 Å². The van der Waals surface area contributed by atoms with Crippen molar-refractivity contribution < 1.29 is 0 Å². The lowest BCUT2D eigenvalue weighted by atomic mass is 10.0. The molecule has 0 atom stereocenters. The molecule has 1 aromatic carbocycles. The second-order valence-electron chi connectivity index (χ2n) is 6.12. The van der Waals surface area contributed by atoms with Crippen LogP contribution in [0, 0.1) is 0 Å². The third-order valence-electron chi connectivity index (χ3n) is 4.60. The molecule has 1 fully saturated rings. The van der Waals surface area contributed by atoms with Gasteiger partial charge in [-0.25, -0.2) is 0 Å². The second kappa shape index (κ2) is 5.96. The molecule has 0 aliphatic carbocycles. The Hall–Kier alpha value is -2.47. The molecule has 1 saturated heterocycles. The van der Waals surface area contributed by atoms with Crippen LogP contribution in [-0.2, 0) is 6.54 Å². The lowest BCUT2D eigenvalue weighted by Crippen LogP contribution is -2.34. The number of fused-ring (bicyclic) bond motifs is 1. The van der Waals surface area contributed by atoms with E-state index in [4.69, 9.17) is 0 Å². The summed E-state index contributed by atoms with van der Waals surface area (Å²) in [6.07, 6.45) is 5.74. The van der Waals surface area contributed by atoms with Crippen molar-refractivity contribution in [3.05, 3.63) is 58.9 Å². The zero-order valence-electron chi connectivity index (χ0n) is 12.9. The number of nitrogens with zero attached hydrogens (tertiary/aromatic N) is 4. The SMILES string of the molecule is O=c1cc(CN2CCC(n3cnnc3)CC2)[nH]c2ccccc12. The van der Waals surface area contributed by atoms with Crippen molar-refractivity contribution in [2.45, 2.75) is 25.4 Å². The molecule has 1 N–H and O–H groups in total. The predicted molar refractivity (Wildman–Crippen MR) is 88.1 cm³/mol. The van der Waals surface area contributed by atoms with Gasteiger partial charge in [0.25, 0.3) is 0 Å². The molecular weight excluding hydrogens is 290 g/mol. The minimum absolute atomic E-state index is 0.0914. The van der Waals surface area contributed by atoms with Gasteiger partial charge < -0.3 is 9.55 Å². The van der Waals surface area contributed by atoms with E-state index in [-0.39, 0.29) is 5.43 Å². The second-order valence-corrected chi connectivity index (χ2v) is 6.12. The van der Waals surface area contributed by atoms with Crippen LogP contribution in [0.3, 0.4) is 0 Å². The van der Waals surface area contributed by atoms with Gasteiger partial charge in [-0.15, -0.1) is 10.2 Å². The number of hydrogen-bond donors (Lipinski definition) is 1. The summed E-state index contributed by atoms with van der Waals surface area (Å²) in [6.45, 7) is 2.81. The number of piperidine rings is 1. The Morgan fingerprint density at radius 2 is 1.87 bits per heavy atom. The minimum Gasteiger partial charge on any atom is -0.357 e. The van der Waals surface area contributed by atoms with Gasteiger partial charge in [0, 0.05) is 48.3 Å². The Kier molecular flexibility index (Phi) is 3.67. The number of para-hydroxylation sites is 1. The van der Waals surface area contributed by atoms with Crippen molar-refractivity contribution in [2.75, 3.05) is 13.1 Å². The Morgan fingerprint density at radius 1 is 1.13 bits per heavy atom. The smallest absolute Gasteiger partial charge is 0.189 e. The minimum atomic E-state index is 0.0914. The van der Waals surface area contributed by atoms with Gasteiger partial charge in [-0.2, -0.15) is 0 Å². The molecule has 0 amide bonds. The van der Waals surface area contributed by atoms with E-state index in [0.717, 1.165) is 49.1 Å². The van der Waals surface area contributed by atoms with Crippen molar-refractivity contribution >= 4 is 10.9 Å². The molecule has 3 aromatic rings. The monoisotopic (exact) mass is 309 g/mol. The molecule has 23 heavy (non-hydrogen) atoms. The Balaban J connectivity index is 1.46. The van der Waals surface area contributed by atoms with Gasteiger partial charge in [0.2, 0.25) is 0 Å². The van der Waals surface area contributed by atoms with Gasteiger partial charge in [-0.05, 0) is 25.0 Å². The summed E-state index contributed by atoms with van der Waals surface area (Å²) in [5.74, 6) is 0. The summed E-state index contributed by atoms with van der Waals surface area (Å²) < 4.78 is 2.09. The molecular formula is C17H19N5O. The van der Waals surface area contributed by atoms with E-state index >= 15 is 0 Å². The molecule has 118 valence electrons. The standard InChI is InChI=1S/C17H19N5O/c23-17-9-13(20-16-4-2-1-3-15(16)17)10-21-7-5-14(6-8-21)22-11-18-19-12-22/h1-4,9,11-12,14H,5-8,10H2,(H,20,23). The van der Waals surface area contributed by atoms with Crippen molar-refractivity contribution in [3.63, 3.8) is 0 Å². The number of hydrogen-bond acceptors (Lipinski definition) is 4. The Labute approximate surface area is 133 Å². The molecule has 2 aromatic heterocycles. The average Bonchev–Trinajstić information content (AvgIpc) is 3.10. The lowest BCUT2D eigenvalue weighted by molar-refractivity contribution is 0.178. The maximum absolute atomic E-state index is 12.2. The maximum Gasteiger partial charge on any atom is 0.189 e. The van der Waals surface area contributed by atoms with Crippen LogP contribution in [0.15, 0.2) is 47.8 Å². The van der Waals surface area contributed by atoms with Gasteiger partial charge in [-0.3, -0.25) is 9.69 Å². The molecule has 4 rings (SSSR count). The highest BCUT2D eigenvalue weighted by atomic mass is 16.1. The summed E-state index contributed by atoms with van der Waals surface area (Å²) in [6, 6.07) is 9.88. The first kappa shape index (κ1) is 14.1. The highest BCUT2D eigenvalue weighted by Crippen LogP contribution is 2.22. The molecule has 0 radical (unpaired) electrons. The van der Waals surface area contributed by atoms with E-state index in [1.807, 2.05) is 24.3 Å². The fraction of sp³-hybridized carbons (Fsp3) is 0.353. The first-order valence-corrected chi connectivity index (χ1v) is 7.97. The molecule has 6 heteroatoms. The molecule has 0 bridgehead atoms. The molecule has 0 saturated carbocycles. The summed E-state index contributed by atoms with van der Waals surface area (Å²) in [5.41, 5.74) is 1.99. The molecule has 1 aliphatic rings. The average molecular weight is 309 g/mol. The number of likely N-dealkylation sites (tertiary alicyclic amines) is 1. The van der Waals surface area contributed by atoms with Gasteiger partial charge in [0.15, 0.2) is 5.43 Å². The molecule has 0 spiro atoms. The van der Waals surface area contributed by atoms with E-state index in [0.29, 0.717) is 6.04 Å². The fourth-order valence-corrected chi connectivity index (χ4v) is 3.35. The van der Waals surface area contributed by atoms with Crippen LogP contribution in [0.2, 0.25) is 0 Å². The zero-order valence-corrected chi connectivity index (χ0v) is 12.9. The van der Waals surface area contributed by atoms with Crippen molar-refractivity contribution in [1.29, 1.82) is 0 Å². The predicted octanol–water partition coefficient (Wildman–Crippen LogP) is 1.96. The summed E-state index contributed by atoms with van der Waals surface area (Å²) >= 11 is 0. The number of aromatic amines is 1. The summed E-state index contributed by atoms with van der Waals surface area (Å²) in [7, 11) is 0. The molecule has 1 aliphatic heterocycles. The van der Waals surface area contributed by atoms with Crippen LogP contribution >= 0.6 is 0 Å².